The number of esters is 1. The number of rotatable bonds is 3. The van der Waals surface area contributed by atoms with Gasteiger partial charge in [-0.15, -0.1) is 11.8 Å². The number of hydrogen-bond donors (Lipinski definition) is 1. The Morgan fingerprint density at radius 2 is 2.11 bits per heavy atom. The number of thioether (sulfide) groups is 1. The molecule has 4 nitrogen and oxygen atoms in total. The van der Waals surface area contributed by atoms with Crippen LogP contribution in [0.25, 0.3) is 0 Å². The van der Waals surface area contributed by atoms with E-state index in [0.717, 1.165) is 24.3 Å². The van der Waals surface area contributed by atoms with Crippen LogP contribution in [-0.2, 0) is 14.3 Å². The molecule has 18 heavy (non-hydrogen) atoms. The molecule has 2 unspecified atom stereocenters. The van der Waals surface area contributed by atoms with Gasteiger partial charge in [-0.2, -0.15) is 0 Å². The predicted octanol–water partition coefficient (Wildman–Crippen LogP) is 2.20. The second kappa shape index (κ2) is 5.78. The third-order valence-corrected chi connectivity index (χ3v) is 4.80. The van der Waals surface area contributed by atoms with E-state index in [9.17, 15) is 9.59 Å². The fourth-order valence-corrected chi connectivity index (χ4v) is 4.25. The molecule has 1 amide bonds. The van der Waals surface area contributed by atoms with Crippen molar-refractivity contribution < 1.29 is 14.3 Å². The third kappa shape index (κ3) is 2.71. The van der Waals surface area contributed by atoms with Gasteiger partial charge in [0.15, 0.2) is 0 Å². The number of nitrogens with one attached hydrogen (secondary N) is 1. The van der Waals surface area contributed by atoms with E-state index >= 15 is 0 Å². The summed E-state index contributed by atoms with van der Waals surface area (Å²) in [5.74, 6) is -0.134. The lowest BCUT2D eigenvalue weighted by molar-refractivity contribution is -0.139. The molecule has 1 saturated carbocycles. The van der Waals surface area contributed by atoms with Crippen LogP contribution in [0.2, 0.25) is 0 Å². The van der Waals surface area contributed by atoms with E-state index in [-0.39, 0.29) is 17.8 Å². The summed E-state index contributed by atoms with van der Waals surface area (Å²) in [5.41, 5.74) is 0.696. The summed E-state index contributed by atoms with van der Waals surface area (Å²) >= 11 is 1.63. The fourth-order valence-electron chi connectivity index (χ4n) is 2.66. The molecule has 1 N–H and O–H groups in total. The highest BCUT2D eigenvalue weighted by atomic mass is 32.2. The molecule has 0 spiro atoms. The molecule has 2 aliphatic rings. The number of carbonyl (C=O) groups is 2. The Hall–Kier alpha value is -0.970. The van der Waals surface area contributed by atoms with E-state index < -0.39 is 0 Å². The molecule has 0 saturated heterocycles. The minimum absolute atomic E-state index is 0.127. The molecule has 1 aliphatic carbocycles. The first kappa shape index (κ1) is 13.5. The van der Waals surface area contributed by atoms with Gasteiger partial charge < -0.3 is 10.1 Å². The lowest BCUT2D eigenvalue weighted by atomic mass is 9.84. The minimum Gasteiger partial charge on any atom is -0.463 e. The quantitative estimate of drug-likeness (QED) is 0.798. The van der Waals surface area contributed by atoms with Crippen LogP contribution in [-0.4, -0.2) is 23.7 Å². The van der Waals surface area contributed by atoms with Crippen LogP contribution >= 0.6 is 11.8 Å². The number of hydrogen-bond acceptors (Lipinski definition) is 4. The van der Waals surface area contributed by atoms with Gasteiger partial charge in [0.1, 0.15) is 0 Å². The normalized spacial score (nSPS) is 26.8. The van der Waals surface area contributed by atoms with Crippen molar-refractivity contribution >= 4 is 23.6 Å². The summed E-state index contributed by atoms with van der Waals surface area (Å²) in [7, 11) is 0. The van der Waals surface area contributed by atoms with E-state index in [2.05, 4.69) is 5.32 Å². The van der Waals surface area contributed by atoms with E-state index in [0.29, 0.717) is 17.4 Å². The second-order valence-corrected chi connectivity index (χ2v) is 5.94. The standard InChI is InChI=1S/C13H19NO3S/c1-3-17-13(16)11-9-6-4-5-7-10(9)18-12(11)14-8(2)15/h9-10H,3-7H2,1-2H3,(H,14,15). The first-order valence-electron chi connectivity index (χ1n) is 6.49. The fraction of sp³-hybridized carbons (Fsp3) is 0.692. The van der Waals surface area contributed by atoms with Gasteiger partial charge in [-0.25, -0.2) is 4.79 Å². The average Bonchev–Trinajstić information content (AvgIpc) is 2.66. The van der Waals surface area contributed by atoms with Crippen molar-refractivity contribution in [2.45, 2.75) is 44.8 Å². The van der Waals surface area contributed by atoms with E-state index in [1.54, 1.807) is 18.7 Å². The van der Waals surface area contributed by atoms with Gasteiger partial charge in [0.25, 0.3) is 0 Å². The Morgan fingerprint density at radius 3 is 2.78 bits per heavy atom. The van der Waals surface area contributed by atoms with Crippen molar-refractivity contribution in [1.82, 2.24) is 5.32 Å². The van der Waals surface area contributed by atoms with Gasteiger partial charge >= 0.3 is 5.97 Å². The second-order valence-electron chi connectivity index (χ2n) is 4.69. The predicted molar refractivity (Wildman–Crippen MR) is 70.8 cm³/mol. The van der Waals surface area contributed by atoms with Crippen molar-refractivity contribution in [3.63, 3.8) is 0 Å². The van der Waals surface area contributed by atoms with Gasteiger partial charge in [0.2, 0.25) is 5.91 Å². The van der Waals surface area contributed by atoms with Gasteiger partial charge in [0.05, 0.1) is 17.2 Å². The van der Waals surface area contributed by atoms with Gasteiger partial charge in [-0.1, -0.05) is 12.8 Å². The average molecular weight is 269 g/mol. The first-order chi connectivity index (χ1) is 8.63. The monoisotopic (exact) mass is 269 g/mol. The Morgan fingerprint density at radius 1 is 1.39 bits per heavy atom. The molecule has 1 heterocycles. The van der Waals surface area contributed by atoms with Crippen LogP contribution in [0.3, 0.4) is 0 Å². The molecule has 0 bridgehead atoms. The molecule has 1 aliphatic heterocycles. The summed E-state index contributed by atoms with van der Waals surface area (Å²) in [4.78, 5) is 23.3. The van der Waals surface area contributed by atoms with Crippen molar-refractivity contribution in [3.8, 4) is 0 Å². The summed E-state index contributed by atoms with van der Waals surface area (Å²) < 4.78 is 5.13. The van der Waals surface area contributed by atoms with Crippen molar-refractivity contribution in [3.05, 3.63) is 10.6 Å². The minimum atomic E-state index is -0.261. The van der Waals surface area contributed by atoms with Gasteiger partial charge in [-0.3, -0.25) is 4.79 Å². The zero-order valence-corrected chi connectivity index (χ0v) is 11.6. The Bertz CT molecular complexity index is 392. The summed E-state index contributed by atoms with van der Waals surface area (Å²) in [5, 5.41) is 3.94. The molecular formula is C13H19NO3S. The number of ether oxygens (including phenoxy) is 1. The molecule has 0 radical (unpaired) electrons. The number of amides is 1. The van der Waals surface area contributed by atoms with Crippen molar-refractivity contribution in [1.29, 1.82) is 0 Å². The van der Waals surface area contributed by atoms with Crippen LogP contribution in [0.15, 0.2) is 10.6 Å². The maximum atomic E-state index is 12.0. The van der Waals surface area contributed by atoms with Gasteiger partial charge in [0, 0.05) is 18.1 Å². The molecule has 0 aromatic heterocycles. The zero-order valence-electron chi connectivity index (χ0n) is 10.8. The Kier molecular flexibility index (Phi) is 4.32. The highest BCUT2D eigenvalue weighted by Gasteiger charge is 2.41. The summed E-state index contributed by atoms with van der Waals surface area (Å²) in [6, 6.07) is 0. The Labute approximate surface area is 112 Å². The zero-order chi connectivity index (χ0) is 13.1. The molecular weight excluding hydrogens is 250 g/mol. The Balaban J connectivity index is 2.23. The van der Waals surface area contributed by atoms with Gasteiger partial charge in [-0.05, 0) is 19.8 Å². The summed E-state index contributed by atoms with van der Waals surface area (Å²) in [6.07, 6.45) is 4.49. The van der Waals surface area contributed by atoms with Crippen LogP contribution < -0.4 is 5.32 Å². The molecule has 5 heteroatoms. The molecule has 0 aromatic rings. The highest BCUT2D eigenvalue weighted by molar-refractivity contribution is 8.04. The smallest absolute Gasteiger partial charge is 0.336 e. The molecule has 2 rings (SSSR count). The number of carbonyl (C=O) groups excluding carboxylic acids is 2. The van der Waals surface area contributed by atoms with Crippen molar-refractivity contribution in [2.75, 3.05) is 6.61 Å². The maximum Gasteiger partial charge on any atom is 0.336 e. The molecule has 100 valence electrons. The van der Waals surface area contributed by atoms with E-state index in [1.807, 2.05) is 0 Å². The largest absolute Gasteiger partial charge is 0.463 e. The number of fused-ring (bicyclic) bond motifs is 1. The molecule has 2 atom stereocenters. The topological polar surface area (TPSA) is 55.4 Å². The lowest BCUT2D eigenvalue weighted by Crippen LogP contribution is -2.25. The van der Waals surface area contributed by atoms with E-state index in [4.69, 9.17) is 4.74 Å². The molecule has 0 aromatic carbocycles. The summed E-state index contributed by atoms with van der Waals surface area (Å²) in [6.45, 7) is 3.65. The van der Waals surface area contributed by atoms with Crippen LogP contribution in [0.5, 0.6) is 0 Å². The SMILES string of the molecule is CCOC(=O)C1=C(NC(C)=O)SC2CCCCC12. The maximum absolute atomic E-state index is 12.0. The first-order valence-corrected chi connectivity index (χ1v) is 7.37. The van der Waals surface area contributed by atoms with Crippen LogP contribution in [0, 0.1) is 5.92 Å². The van der Waals surface area contributed by atoms with Crippen LogP contribution in [0.1, 0.15) is 39.5 Å². The lowest BCUT2D eigenvalue weighted by Gasteiger charge is -2.25. The van der Waals surface area contributed by atoms with E-state index in [1.165, 1.54) is 13.3 Å². The van der Waals surface area contributed by atoms with Crippen LogP contribution in [0.4, 0.5) is 0 Å². The highest BCUT2D eigenvalue weighted by Crippen LogP contribution is 2.48. The van der Waals surface area contributed by atoms with Crippen molar-refractivity contribution in [2.24, 2.45) is 5.92 Å². The third-order valence-electron chi connectivity index (χ3n) is 3.37. The molecule has 1 fully saturated rings.